The Kier molecular flexibility index (Phi) is 4.29. The zero-order chi connectivity index (χ0) is 20.7. The van der Waals surface area contributed by atoms with Crippen LogP contribution < -0.4 is 0 Å². The number of esters is 1. The fourth-order valence-electron chi connectivity index (χ4n) is 4.24. The summed E-state index contributed by atoms with van der Waals surface area (Å²) in [4.78, 5) is 26.5. The Morgan fingerprint density at radius 2 is 1.37 bits per heavy atom. The first kappa shape index (κ1) is 18.1. The van der Waals surface area contributed by atoms with Gasteiger partial charge in [-0.05, 0) is 27.5 Å². The van der Waals surface area contributed by atoms with E-state index < -0.39 is 5.97 Å². The maximum Gasteiger partial charge on any atom is 0.339 e. The Balaban J connectivity index is 1.97. The van der Waals surface area contributed by atoms with E-state index in [2.05, 4.69) is 0 Å². The Labute approximate surface area is 174 Å². The van der Waals surface area contributed by atoms with Crippen LogP contribution in [-0.4, -0.2) is 18.9 Å². The highest BCUT2D eigenvalue weighted by Crippen LogP contribution is 2.43. The number of carbonyl (C=O) groups excluding carboxylic acids is 2. The largest absolute Gasteiger partial charge is 0.465 e. The number of fused-ring (bicyclic) bond motifs is 4. The van der Waals surface area contributed by atoms with Gasteiger partial charge in [0, 0.05) is 16.7 Å². The molecule has 0 aliphatic heterocycles. The normalized spacial score (nSPS) is 14.1. The van der Waals surface area contributed by atoms with E-state index in [1.165, 1.54) is 7.11 Å². The molecule has 0 heterocycles. The molecule has 1 aliphatic carbocycles. The minimum Gasteiger partial charge on any atom is -0.465 e. The van der Waals surface area contributed by atoms with Gasteiger partial charge in [0.2, 0.25) is 0 Å². The van der Waals surface area contributed by atoms with Crippen molar-refractivity contribution in [3.63, 3.8) is 0 Å². The number of ketones is 1. The number of hydrogen-bond acceptors (Lipinski definition) is 3. The molecule has 144 valence electrons. The fraction of sp³-hybridized carbons (Fsp3) is 0.0370. The SMILES string of the molecule is COC(=O)/C(=C1\c2ccccc2C(=O)c2c1ccc1ccccc21)c1ccccc1. The van der Waals surface area contributed by atoms with Gasteiger partial charge in [0.1, 0.15) is 0 Å². The van der Waals surface area contributed by atoms with Crippen LogP contribution in [0.15, 0.2) is 91.0 Å². The summed E-state index contributed by atoms with van der Waals surface area (Å²) in [5.74, 6) is -0.460. The van der Waals surface area contributed by atoms with Gasteiger partial charge in [0.05, 0.1) is 12.7 Å². The van der Waals surface area contributed by atoms with Crippen LogP contribution in [-0.2, 0) is 9.53 Å². The number of methoxy groups -OCH3 is 1. The fourth-order valence-corrected chi connectivity index (χ4v) is 4.24. The Hall–Kier alpha value is -3.98. The van der Waals surface area contributed by atoms with Crippen LogP contribution in [0.25, 0.3) is 21.9 Å². The molecule has 0 fully saturated rings. The van der Waals surface area contributed by atoms with Crippen LogP contribution in [0.2, 0.25) is 0 Å². The molecule has 0 radical (unpaired) electrons. The van der Waals surface area contributed by atoms with Gasteiger partial charge in [0.25, 0.3) is 0 Å². The van der Waals surface area contributed by atoms with Crippen molar-refractivity contribution in [3.05, 3.63) is 119 Å². The highest BCUT2D eigenvalue weighted by atomic mass is 16.5. The average molecular weight is 390 g/mol. The third kappa shape index (κ3) is 2.67. The van der Waals surface area contributed by atoms with E-state index in [-0.39, 0.29) is 5.78 Å². The van der Waals surface area contributed by atoms with E-state index in [4.69, 9.17) is 4.74 Å². The maximum absolute atomic E-state index is 13.5. The van der Waals surface area contributed by atoms with Crippen molar-refractivity contribution in [1.82, 2.24) is 0 Å². The first-order valence-corrected chi connectivity index (χ1v) is 9.75. The summed E-state index contributed by atoms with van der Waals surface area (Å²) >= 11 is 0. The molecule has 0 spiro atoms. The zero-order valence-corrected chi connectivity index (χ0v) is 16.4. The van der Waals surface area contributed by atoms with Crippen molar-refractivity contribution in [1.29, 1.82) is 0 Å². The van der Waals surface area contributed by atoms with E-state index in [1.54, 1.807) is 0 Å². The minimum absolute atomic E-state index is 0.0292. The summed E-state index contributed by atoms with van der Waals surface area (Å²) in [6.07, 6.45) is 0. The molecule has 0 atom stereocenters. The lowest BCUT2D eigenvalue weighted by atomic mass is 9.76. The van der Waals surface area contributed by atoms with Gasteiger partial charge in [-0.15, -0.1) is 0 Å². The van der Waals surface area contributed by atoms with Crippen molar-refractivity contribution in [3.8, 4) is 0 Å². The Bertz CT molecular complexity index is 1350. The number of hydrogen-bond donors (Lipinski definition) is 0. The quantitative estimate of drug-likeness (QED) is 0.295. The molecule has 0 saturated carbocycles. The summed E-state index contributed by atoms with van der Waals surface area (Å²) in [6, 6.07) is 28.7. The van der Waals surface area contributed by atoms with Gasteiger partial charge in [-0.3, -0.25) is 4.79 Å². The summed E-state index contributed by atoms with van der Waals surface area (Å²) in [6.45, 7) is 0. The van der Waals surface area contributed by atoms with E-state index in [1.807, 2.05) is 91.0 Å². The van der Waals surface area contributed by atoms with Crippen LogP contribution >= 0.6 is 0 Å². The second-order valence-electron chi connectivity index (χ2n) is 7.19. The smallest absolute Gasteiger partial charge is 0.339 e. The van der Waals surface area contributed by atoms with Crippen LogP contribution in [0, 0.1) is 0 Å². The number of benzene rings is 4. The third-order valence-corrected chi connectivity index (χ3v) is 5.57. The lowest BCUT2D eigenvalue weighted by Crippen LogP contribution is -2.18. The Morgan fingerprint density at radius 1 is 0.700 bits per heavy atom. The van der Waals surface area contributed by atoms with Gasteiger partial charge in [0.15, 0.2) is 5.78 Å². The van der Waals surface area contributed by atoms with Gasteiger partial charge >= 0.3 is 5.97 Å². The summed E-state index contributed by atoms with van der Waals surface area (Å²) < 4.78 is 5.18. The molecule has 0 amide bonds. The highest BCUT2D eigenvalue weighted by Gasteiger charge is 2.32. The summed E-state index contributed by atoms with van der Waals surface area (Å²) in [5, 5.41) is 1.87. The standard InChI is InChI=1S/C27H18O3/c1-30-27(29)23(18-10-3-2-4-11-18)24-20-13-7-8-14-21(20)26(28)25-19-12-6-5-9-17(19)15-16-22(24)25/h2-16H,1H3/b24-23+. The first-order valence-electron chi connectivity index (χ1n) is 9.75. The van der Waals surface area contributed by atoms with Crippen molar-refractivity contribution in [2.45, 2.75) is 0 Å². The van der Waals surface area contributed by atoms with Crippen molar-refractivity contribution >= 4 is 33.7 Å². The van der Waals surface area contributed by atoms with Gasteiger partial charge in [-0.1, -0.05) is 91.0 Å². The second kappa shape index (κ2) is 7.12. The summed E-state index contributed by atoms with van der Waals surface area (Å²) in [5.41, 5.74) is 4.64. The molecular formula is C27H18O3. The van der Waals surface area contributed by atoms with Crippen molar-refractivity contribution in [2.24, 2.45) is 0 Å². The van der Waals surface area contributed by atoms with E-state index in [9.17, 15) is 9.59 Å². The molecule has 4 aromatic rings. The number of carbonyl (C=O) groups is 2. The molecule has 0 aromatic heterocycles. The predicted molar refractivity (Wildman–Crippen MR) is 118 cm³/mol. The average Bonchev–Trinajstić information content (AvgIpc) is 2.81. The Morgan fingerprint density at radius 3 is 2.13 bits per heavy atom. The predicted octanol–water partition coefficient (Wildman–Crippen LogP) is 5.52. The molecule has 3 heteroatoms. The number of ether oxygens (including phenoxy) is 1. The van der Waals surface area contributed by atoms with Crippen LogP contribution in [0.3, 0.4) is 0 Å². The lowest BCUT2D eigenvalue weighted by molar-refractivity contribution is -0.133. The maximum atomic E-state index is 13.5. The van der Waals surface area contributed by atoms with Crippen molar-refractivity contribution < 1.29 is 14.3 Å². The molecular weight excluding hydrogens is 372 g/mol. The van der Waals surface area contributed by atoms with Crippen LogP contribution in [0.4, 0.5) is 0 Å². The topological polar surface area (TPSA) is 43.4 Å². The third-order valence-electron chi connectivity index (χ3n) is 5.57. The molecule has 3 nitrogen and oxygen atoms in total. The molecule has 30 heavy (non-hydrogen) atoms. The molecule has 0 saturated heterocycles. The van der Waals surface area contributed by atoms with E-state index in [0.717, 1.165) is 33.0 Å². The van der Waals surface area contributed by atoms with Gasteiger partial charge in [-0.25, -0.2) is 4.79 Å². The lowest BCUT2D eigenvalue weighted by Gasteiger charge is -2.25. The monoisotopic (exact) mass is 390 g/mol. The van der Waals surface area contributed by atoms with Gasteiger partial charge in [-0.2, -0.15) is 0 Å². The first-order chi connectivity index (χ1) is 14.7. The summed E-state index contributed by atoms with van der Waals surface area (Å²) in [7, 11) is 1.38. The van der Waals surface area contributed by atoms with Gasteiger partial charge < -0.3 is 4.74 Å². The molecule has 5 rings (SSSR count). The molecule has 1 aliphatic rings. The highest BCUT2D eigenvalue weighted by molar-refractivity contribution is 6.33. The second-order valence-corrected chi connectivity index (χ2v) is 7.19. The molecule has 0 N–H and O–H groups in total. The molecule has 4 aromatic carbocycles. The van der Waals surface area contributed by atoms with Crippen molar-refractivity contribution in [2.75, 3.05) is 7.11 Å². The minimum atomic E-state index is -0.431. The van der Waals surface area contributed by atoms with E-state index >= 15 is 0 Å². The number of rotatable bonds is 2. The molecule has 0 bridgehead atoms. The van der Waals surface area contributed by atoms with E-state index in [0.29, 0.717) is 16.7 Å². The van der Waals surface area contributed by atoms with Crippen LogP contribution in [0.5, 0.6) is 0 Å². The molecule has 0 unspecified atom stereocenters. The van der Waals surface area contributed by atoms with Crippen LogP contribution in [0.1, 0.15) is 32.6 Å². The zero-order valence-electron chi connectivity index (χ0n) is 16.4.